The number of benzene rings is 2. The van der Waals surface area contributed by atoms with Crippen LogP contribution < -0.4 is 5.43 Å². The number of halogens is 1. The van der Waals surface area contributed by atoms with E-state index in [1.54, 1.807) is 24.3 Å². The van der Waals surface area contributed by atoms with E-state index in [0.29, 0.717) is 22.6 Å². The molecule has 3 aromatic rings. The van der Waals surface area contributed by atoms with E-state index >= 15 is 0 Å². The molecule has 6 nitrogen and oxygen atoms in total. The summed E-state index contributed by atoms with van der Waals surface area (Å²) in [6.07, 6.45) is 0.966. The van der Waals surface area contributed by atoms with Crippen molar-refractivity contribution in [3.63, 3.8) is 0 Å². The number of hydrogen-bond donors (Lipinski definition) is 2. The number of aromatic hydroxyl groups is 2. The van der Waals surface area contributed by atoms with Crippen LogP contribution in [0.3, 0.4) is 0 Å². The summed E-state index contributed by atoms with van der Waals surface area (Å²) in [5, 5.41) is 30.7. The fourth-order valence-corrected chi connectivity index (χ4v) is 4.44. The lowest BCUT2D eigenvalue weighted by atomic mass is 9.88. The number of nitriles is 1. The van der Waals surface area contributed by atoms with Crippen LogP contribution in [0.15, 0.2) is 45.6 Å². The highest BCUT2D eigenvalue weighted by Gasteiger charge is 2.37. The maximum absolute atomic E-state index is 12.8. The molecule has 4 rings (SSSR count). The van der Waals surface area contributed by atoms with Gasteiger partial charge in [0, 0.05) is 35.2 Å². The summed E-state index contributed by atoms with van der Waals surface area (Å²) in [5.41, 5.74) is 0.684. The van der Waals surface area contributed by atoms with Crippen molar-refractivity contribution in [1.82, 2.24) is 4.90 Å². The average molecular weight is 411 g/mol. The van der Waals surface area contributed by atoms with Gasteiger partial charge in [-0.3, -0.25) is 4.79 Å². The van der Waals surface area contributed by atoms with Crippen LogP contribution in [0, 0.1) is 11.3 Å². The monoisotopic (exact) mass is 410 g/mol. The molecule has 2 aromatic carbocycles. The van der Waals surface area contributed by atoms with Crippen LogP contribution in [0.2, 0.25) is 5.02 Å². The number of fused-ring (bicyclic) bond motifs is 1. The van der Waals surface area contributed by atoms with Crippen molar-refractivity contribution in [2.75, 3.05) is 13.6 Å². The molecule has 0 spiro atoms. The van der Waals surface area contributed by atoms with E-state index < -0.39 is 5.43 Å². The second-order valence-corrected chi connectivity index (χ2v) is 7.70. The summed E-state index contributed by atoms with van der Waals surface area (Å²) in [6, 6.07) is 11.5. The number of likely N-dealkylation sites (tertiary alicyclic amines) is 1. The van der Waals surface area contributed by atoms with Gasteiger partial charge >= 0.3 is 0 Å². The van der Waals surface area contributed by atoms with E-state index in [1.165, 1.54) is 12.1 Å². The van der Waals surface area contributed by atoms with Crippen LogP contribution in [0.1, 0.15) is 24.3 Å². The predicted molar refractivity (Wildman–Crippen MR) is 110 cm³/mol. The second kappa shape index (κ2) is 7.43. The molecule has 2 unspecified atom stereocenters. The van der Waals surface area contributed by atoms with Gasteiger partial charge in [0.2, 0.25) is 0 Å². The first-order chi connectivity index (χ1) is 13.9. The minimum atomic E-state index is -0.428. The molecule has 1 fully saturated rings. The number of phenolic OH excluding ortho intramolecular Hbond substituents is 2. The summed E-state index contributed by atoms with van der Waals surface area (Å²) < 4.78 is 6.07. The van der Waals surface area contributed by atoms with Gasteiger partial charge in [0.15, 0.2) is 5.43 Å². The van der Waals surface area contributed by atoms with Crippen LogP contribution in [-0.2, 0) is 0 Å². The molecule has 2 atom stereocenters. The lowest BCUT2D eigenvalue weighted by molar-refractivity contribution is 0.299. The van der Waals surface area contributed by atoms with Gasteiger partial charge in [0.1, 0.15) is 28.2 Å². The number of rotatable bonds is 3. The van der Waals surface area contributed by atoms with Crippen molar-refractivity contribution in [2.45, 2.75) is 24.8 Å². The molecule has 0 saturated carbocycles. The molecule has 1 aliphatic rings. The number of likely N-dealkylation sites (N-methyl/N-ethyl adjacent to an activating group) is 1. The maximum Gasteiger partial charge on any atom is 0.197 e. The third kappa shape index (κ3) is 3.23. The van der Waals surface area contributed by atoms with Crippen LogP contribution >= 0.6 is 11.6 Å². The first-order valence-electron chi connectivity index (χ1n) is 9.27. The highest BCUT2D eigenvalue weighted by atomic mass is 35.5. The minimum Gasteiger partial charge on any atom is -0.507 e. The van der Waals surface area contributed by atoms with Gasteiger partial charge in [-0.25, -0.2) is 0 Å². The predicted octanol–water partition coefficient (Wildman–Crippen LogP) is 4.23. The van der Waals surface area contributed by atoms with Gasteiger partial charge in [0.05, 0.1) is 17.5 Å². The molecule has 1 aliphatic heterocycles. The maximum atomic E-state index is 12.8. The van der Waals surface area contributed by atoms with E-state index in [9.17, 15) is 20.3 Å². The Labute approximate surface area is 172 Å². The molecule has 148 valence electrons. The molecule has 7 heteroatoms. The normalized spacial score (nSPS) is 19.5. The van der Waals surface area contributed by atoms with E-state index in [2.05, 4.69) is 11.0 Å². The van der Waals surface area contributed by atoms with Crippen LogP contribution in [0.4, 0.5) is 0 Å². The van der Waals surface area contributed by atoms with E-state index in [1.807, 2.05) is 7.05 Å². The first kappa shape index (κ1) is 19.3. The standard InChI is InChI=1S/C22H19ClN2O4/c1-25-9-7-13(15(25)6-8-24)20-16(26)10-17(27)21-18(28)11-19(29-22(20)21)12-4-2-3-5-14(12)23/h2-5,10-11,13,15,26-27H,6-7,9H2,1H3. The lowest BCUT2D eigenvalue weighted by Crippen LogP contribution is -2.28. The van der Waals surface area contributed by atoms with Gasteiger partial charge in [-0.2, -0.15) is 5.26 Å². The highest BCUT2D eigenvalue weighted by molar-refractivity contribution is 6.33. The molecule has 29 heavy (non-hydrogen) atoms. The molecule has 1 aromatic heterocycles. The molecular weight excluding hydrogens is 392 g/mol. The number of nitrogens with zero attached hydrogens (tertiary/aromatic N) is 2. The summed E-state index contributed by atoms with van der Waals surface area (Å²) in [7, 11) is 1.92. The molecule has 1 saturated heterocycles. The number of phenols is 2. The average Bonchev–Trinajstić information content (AvgIpc) is 3.02. The zero-order valence-corrected chi connectivity index (χ0v) is 16.5. The van der Waals surface area contributed by atoms with Crippen molar-refractivity contribution in [3.05, 3.63) is 57.2 Å². The van der Waals surface area contributed by atoms with Crippen LogP contribution in [0.25, 0.3) is 22.3 Å². The quantitative estimate of drug-likeness (QED) is 0.670. The lowest BCUT2D eigenvalue weighted by Gasteiger charge is -2.24. The minimum absolute atomic E-state index is 0.0128. The fourth-order valence-electron chi connectivity index (χ4n) is 4.21. The Kier molecular flexibility index (Phi) is 4.95. The second-order valence-electron chi connectivity index (χ2n) is 7.29. The summed E-state index contributed by atoms with van der Waals surface area (Å²) >= 11 is 6.27. The Bertz CT molecular complexity index is 1200. The van der Waals surface area contributed by atoms with E-state index in [0.717, 1.165) is 6.54 Å². The molecule has 0 amide bonds. The van der Waals surface area contributed by atoms with Crippen LogP contribution in [-0.4, -0.2) is 34.7 Å². The topological polar surface area (TPSA) is 97.7 Å². The Balaban J connectivity index is 2.01. The molecule has 2 heterocycles. The molecule has 2 N–H and O–H groups in total. The highest BCUT2D eigenvalue weighted by Crippen LogP contribution is 2.45. The molecular formula is C22H19ClN2O4. The van der Waals surface area contributed by atoms with Crippen LogP contribution in [0.5, 0.6) is 11.5 Å². The van der Waals surface area contributed by atoms with Gasteiger partial charge in [-0.1, -0.05) is 23.7 Å². The molecule has 0 radical (unpaired) electrons. The first-order valence-corrected chi connectivity index (χ1v) is 9.65. The van der Waals surface area contributed by atoms with Gasteiger partial charge < -0.3 is 19.5 Å². The van der Waals surface area contributed by atoms with Gasteiger partial charge in [0.25, 0.3) is 0 Å². The van der Waals surface area contributed by atoms with E-state index in [4.69, 9.17) is 16.0 Å². The zero-order chi connectivity index (χ0) is 20.7. The summed E-state index contributed by atoms with van der Waals surface area (Å²) in [5.74, 6) is -0.462. The smallest absolute Gasteiger partial charge is 0.197 e. The fraction of sp³-hybridized carbons (Fsp3) is 0.273. The van der Waals surface area contributed by atoms with Crippen molar-refractivity contribution in [1.29, 1.82) is 5.26 Å². The summed E-state index contributed by atoms with van der Waals surface area (Å²) in [4.78, 5) is 14.9. The molecule has 0 bridgehead atoms. The summed E-state index contributed by atoms with van der Waals surface area (Å²) in [6.45, 7) is 0.743. The Morgan fingerprint density at radius 2 is 2.03 bits per heavy atom. The van der Waals surface area contributed by atoms with Gasteiger partial charge in [-0.05, 0) is 32.1 Å². The SMILES string of the molecule is CN1CCC(c2c(O)cc(O)c3c(=O)cc(-c4ccccc4Cl)oc23)C1CC#N. The van der Waals surface area contributed by atoms with Gasteiger partial charge in [-0.15, -0.1) is 0 Å². The Hall–Kier alpha value is -3.01. The van der Waals surface area contributed by atoms with Crippen molar-refractivity contribution >= 4 is 22.6 Å². The zero-order valence-electron chi connectivity index (χ0n) is 15.7. The van der Waals surface area contributed by atoms with Crippen molar-refractivity contribution in [3.8, 4) is 28.9 Å². The Morgan fingerprint density at radius 3 is 2.76 bits per heavy atom. The largest absolute Gasteiger partial charge is 0.507 e. The number of hydrogen-bond acceptors (Lipinski definition) is 6. The third-order valence-corrected chi connectivity index (χ3v) is 5.96. The Morgan fingerprint density at radius 1 is 1.28 bits per heavy atom. The van der Waals surface area contributed by atoms with Crippen molar-refractivity contribution < 1.29 is 14.6 Å². The van der Waals surface area contributed by atoms with Crippen molar-refractivity contribution in [2.24, 2.45) is 0 Å². The van der Waals surface area contributed by atoms with E-state index in [-0.39, 0.29) is 46.6 Å². The molecule has 0 aliphatic carbocycles. The third-order valence-electron chi connectivity index (χ3n) is 5.63.